The summed E-state index contributed by atoms with van der Waals surface area (Å²) in [5.74, 6) is 2.30. The van der Waals surface area contributed by atoms with Gasteiger partial charge in [-0.1, -0.05) is 15.9 Å². The van der Waals surface area contributed by atoms with Gasteiger partial charge in [-0.15, -0.1) is 0 Å². The number of rotatable bonds is 1. The molecule has 1 aliphatic heterocycles. The maximum Gasteiger partial charge on any atom is 0.231 e. The summed E-state index contributed by atoms with van der Waals surface area (Å²) >= 11 is 7.62. The number of fused-ring (bicyclic) bond motifs is 1. The zero-order valence-electron chi connectivity index (χ0n) is 6.21. The third-order valence-electron chi connectivity index (χ3n) is 1.71. The van der Waals surface area contributed by atoms with Crippen LogP contribution in [-0.4, -0.2) is 6.79 Å². The summed E-state index contributed by atoms with van der Waals surface area (Å²) in [7, 11) is 0. The molecular weight excluding hydrogens is 240 g/mol. The molecule has 0 N–H and O–H groups in total. The second-order valence-electron chi connectivity index (χ2n) is 2.45. The highest BCUT2D eigenvalue weighted by molar-refractivity contribution is 9.10. The zero-order valence-corrected chi connectivity index (χ0v) is 8.69. The van der Waals surface area contributed by atoms with Crippen LogP contribution in [0.5, 0.6) is 11.5 Å². The van der Waals surface area contributed by atoms with Crippen molar-refractivity contribution >= 4 is 28.6 Å². The van der Waals surface area contributed by atoms with Crippen LogP contribution in [0.2, 0.25) is 0 Å². The fourth-order valence-corrected chi connectivity index (χ4v) is 2.02. The van der Waals surface area contributed by atoms with Crippen molar-refractivity contribution in [1.29, 1.82) is 0 Å². The van der Waals surface area contributed by atoms with Crippen molar-refractivity contribution < 1.29 is 9.47 Å². The molecule has 0 bridgehead atoms. The number of hydrogen-bond donors (Lipinski definition) is 1. The van der Waals surface area contributed by atoms with E-state index in [9.17, 15) is 0 Å². The monoisotopic (exact) mass is 246 g/mol. The van der Waals surface area contributed by atoms with Gasteiger partial charge >= 0.3 is 0 Å². The predicted molar refractivity (Wildman–Crippen MR) is 53.0 cm³/mol. The van der Waals surface area contributed by atoms with E-state index >= 15 is 0 Å². The number of thiol groups is 1. The first-order chi connectivity index (χ1) is 5.81. The van der Waals surface area contributed by atoms with Gasteiger partial charge in [0.15, 0.2) is 11.5 Å². The molecule has 1 heterocycles. The van der Waals surface area contributed by atoms with Crippen LogP contribution in [0, 0.1) is 0 Å². The largest absolute Gasteiger partial charge is 0.454 e. The summed E-state index contributed by atoms with van der Waals surface area (Å²) in [6, 6.07) is 3.85. The average Bonchev–Trinajstić information content (AvgIpc) is 2.49. The summed E-state index contributed by atoms with van der Waals surface area (Å²) < 4.78 is 11.4. The van der Waals surface area contributed by atoms with E-state index in [0.717, 1.165) is 21.5 Å². The first kappa shape index (κ1) is 8.26. The second kappa shape index (κ2) is 3.18. The van der Waals surface area contributed by atoms with E-state index in [-0.39, 0.29) is 0 Å². The normalized spacial score (nSPS) is 13.5. The number of benzene rings is 1. The quantitative estimate of drug-likeness (QED) is 0.769. The summed E-state index contributed by atoms with van der Waals surface area (Å²) in [6.07, 6.45) is 0. The van der Waals surface area contributed by atoms with Crippen LogP contribution in [-0.2, 0) is 5.75 Å². The van der Waals surface area contributed by atoms with Crippen molar-refractivity contribution in [3.63, 3.8) is 0 Å². The third kappa shape index (κ3) is 1.29. The molecule has 0 amide bonds. The Bertz CT molecular complexity index is 313. The molecule has 0 aromatic heterocycles. The van der Waals surface area contributed by atoms with Crippen molar-refractivity contribution in [3.05, 3.63) is 22.2 Å². The lowest BCUT2D eigenvalue weighted by Gasteiger charge is -2.02. The van der Waals surface area contributed by atoms with Gasteiger partial charge in [-0.25, -0.2) is 0 Å². The Kier molecular flexibility index (Phi) is 2.19. The van der Waals surface area contributed by atoms with Gasteiger partial charge in [0, 0.05) is 10.2 Å². The molecule has 1 aromatic rings. The minimum absolute atomic E-state index is 0.317. The van der Waals surface area contributed by atoms with E-state index in [1.165, 1.54) is 0 Å². The SMILES string of the molecule is SCc1cc2c(cc1Br)OCO2. The molecule has 0 aliphatic carbocycles. The molecule has 1 aromatic carbocycles. The Morgan fingerprint density at radius 1 is 1.33 bits per heavy atom. The maximum absolute atomic E-state index is 5.22. The summed E-state index contributed by atoms with van der Waals surface area (Å²) in [5.41, 5.74) is 1.11. The molecule has 0 radical (unpaired) electrons. The van der Waals surface area contributed by atoms with Crippen LogP contribution in [0.4, 0.5) is 0 Å². The summed E-state index contributed by atoms with van der Waals surface area (Å²) in [6.45, 7) is 0.317. The predicted octanol–water partition coefficient (Wildman–Crippen LogP) is 2.61. The Labute approximate surface area is 84.4 Å². The summed E-state index contributed by atoms with van der Waals surface area (Å²) in [4.78, 5) is 0. The van der Waals surface area contributed by atoms with Gasteiger partial charge in [-0.2, -0.15) is 12.6 Å². The van der Waals surface area contributed by atoms with Crippen LogP contribution < -0.4 is 9.47 Å². The lowest BCUT2D eigenvalue weighted by atomic mass is 10.2. The van der Waals surface area contributed by atoms with Crippen molar-refractivity contribution in [2.24, 2.45) is 0 Å². The standard InChI is InChI=1S/C8H7BrO2S/c9-6-2-8-7(10-4-11-8)1-5(6)3-12/h1-2,12H,3-4H2. The smallest absolute Gasteiger partial charge is 0.231 e. The van der Waals surface area contributed by atoms with Crippen LogP contribution in [0.15, 0.2) is 16.6 Å². The van der Waals surface area contributed by atoms with Gasteiger partial charge in [-0.05, 0) is 17.7 Å². The Morgan fingerprint density at radius 3 is 2.67 bits per heavy atom. The average molecular weight is 247 g/mol. The highest BCUT2D eigenvalue weighted by Crippen LogP contribution is 2.37. The van der Waals surface area contributed by atoms with E-state index < -0.39 is 0 Å². The first-order valence-electron chi connectivity index (χ1n) is 3.50. The lowest BCUT2D eigenvalue weighted by molar-refractivity contribution is 0.174. The third-order valence-corrected chi connectivity index (χ3v) is 2.79. The van der Waals surface area contributed by atoms with Gasteiger partial charge in [0.05, 0.1) is 0 Å². The molecule has 0 fully saturated rings. The molecule has 64 valence electrons. The van der Waals surface area contributed by atoms with E-state index in [1.54, 1.807) is 0 Å². The van der Waals surface area contributed by atoms with Crippen LogP contribution in [0.3, 0.4) is 0 Å². The fraction of sp³-hybridized carbons (Fsp3) is 0.250. The highest BCUT2D eigenvalue weighted by atomic mass is 79.9. The van der Waals surface area contributed by atoms with E-state index in [0.29, 0.717) is 12.5 Å². The van der Waals surface area contributed by atoms with Gasteiger partial charge in [0.1, 0.15) is 0 Å². The molecule has 1 aliphatic rings. The molecular formula is C8H7BrO2S. The molecule has 0 saturated carbocycles. The Balaban J connectivity index is 2.49. The molecule has 4 heteroatoms. The minimum atomic E-state index is 0.317. The Morgan fingerprint density at radius 2 is 2.00 bits per heavy atom. The van der Waals surface area contributed by atoms with E-state index in [1.807, 2.05) is 12.1 Å². The van der Waals surface area contributed by atoms with Gasteiger partial charge in [-0.3, -0.25) is 0 Å². The molecule has 2 rings (SSSR count). The topological polar surface area (TPSA) is 18.5 Å². The molecule has 2 nitrogen and oxygen atoms in total. The number of ether oxygens (including phenoxy) is 2. The van der Waals surface area contributed by atoms with Gasteiger partial charge in [0.2, 0.25) is 6.79 Å². The van der Waals surface area contributed by atoms with Crippen molar-refractivity contribution in [3.8, 4) is 11.5 Å². The molecule has 0 saturated heterocycles. The zero-order chi connectivity index (χ0) is 8.55. The fourth-order valence-electron chi connectivity index (χ4n) is 1.08. The van der Waals surface area contributed by atoms with Crippen molar-refractivity contribution in [1.82, 2.24) is 0 Å². The first-order valence-corrected chi connectivity index (χ1v) is 4.92. The van der Waals surface area contributed by atoms with Crippen molar-refractivity contribution in [2.75, 3.05) is 6.79 Å². The lowest BCUT2D eigenvalue weighted by Crippen LogP contribution is -1.92. The number of halogens is 1. The Hall–Kier alpha value is -0.350. The maximum atomic E-state index is 5.22. The highest BCUT2D eigenvalue weighted by Gasteiger charge is 2.15. The minimum Gasteiger partial charge on any atom is -0.454 e. The van der Waals surface area contributed by atoms with Crippen LogP contribution in [0.1, 0.15) is 5.56 Å². The number of hydrogen-bond acceptors (Lipinski definition) is 3. The summed E-state index contributed by atoms with van der Waals surface area (Å²) in [5, 5.41) is 0. The second-order valence-corrected chi connectivity index (χ2v) is 3.63. The molecule has 0 unspecified atom stereocenters. The van der Waals surface area contributed by atoms with Crippen LogP contribution in [0.25, 0.3) is 0 Å². The molecule has 0 atom stereocenters. The van der Waals surface area contributed by atoms with Crippen molar-refractivity contribution in [2.45, 2.75) is 5.75 Å². The van der Waals surface area contributed by atoms with Crippen LogP contribution >= 0.6 is 28.6 Å². The van der Waals surface area contributed by atoms with Gasteiger partial charge < -0.3 is 9.47 Å². The molecule has 12 heavy (non-hydrogen) atoms. The molecule has 0 spiro atoms. The van der Waals surface area contributed by atoms with Gasteiger partial charge in [0.25, 0.3) is 0 Å². The van der Waals surface area contributed by atoms with E-state index in [4.69, 9.17) is 9.47 Å². The van der Waals surface area contributed by atoms with E-state index in [2.05, 4.69) is 28.6 Å².